The third-order valence-corrected chi connectivity index (χ3v) is 6.40. The van der Waals surface area contributed by atoms with Gasteiger partial charge in [0.05, 0.1) is 0 Å². The minimum Gasteiger partial charge on any atom is -0.298 e. The van der Waals surface area contributed by atoms with Gasteiger partial charge in [0.2, 0.25) is 0 Å². The third-order valence-electron chi connectivity index (χ3n) is 6.40. The summed E-state index contributed by atoms with van der Waals surface area (Å²) in [6, 6.07) is 6.61. The molecule has 3 aliphatic rings. The maximum Gasteiger partial charge on any atom is 0.332 e. The summed E-state index contributed by atoms with van der Waals surface area (Å²) in [5.74, 6) is 1.52. The van der Waals surface area contributed by atoms with Gasteiger partial charge in [-0.3, -0.25) is 19.1 Å². The molecule has 1 saturated carbocycles. The van der Waals surface area contributed by atoms with E-state index < -0.39 is 11.1 Å². The number of nitrogens with zero attached hydrogens (tertiary/aromatic N) is 4. The van der Waals surface area contributed by atoms with Crippen LogP contribution in [-0.2, 0) is 19.6 Å². The lowest BCUT2D eigenvalue weighted by molar-refractivity contribution is 0.256. The van der Waals surface area contributed by atoms with Crippen molar-refractivity contribution in [1.29, 1.82) is 0 Å². The highest BCUT2D eigenvalue weighted by molar-refractivity contribution is 5.18. The van der Waals surface area contributed by atoms with Crippen molar-refractivity contribution in [3.8, 4) is 0 Å². The molecule has 2 fully saturated rings. The molecule has 0 amide bonds. The molecule has 5 rings (SSSR count). The standard InChI is InChI=1S/C20H23FN4O2/c21-16-6-4-14(5-7-16)8-23-10-15-11-24-18(17(15)12-23)22-25(20(27)19(24)26)9-13-2-1-3-13/h4-7,13,15,17H,1-3,8-12H2. The summed E-state index contributed by atoms with van der Waals surface area (Å²) in [4.78, 5) is 27.3. The van der Waals surface area contributed by atoms with Gasteiger partial charge in [-0.15, -0.1) is 0 Å². The fourth-order valence-corrected chi connectivity index (χ4v) is 4.70. The Kier molecular flexibility index (Phi) is 4.00. The Balaban J connectivity index is 1.37. The van der Waals surface area contributed by atoms with Crippen LogP contribution < -0.4 is 11.1 Å². The Hall–Kier alpha value is -2.28. The molecule has 0 spiro atoms. The summed E-state index contributed by atoms with van der Waals surface area (Å²) in [5.41, 5.74) is 0.185. The third kappa shape index (κ3) is 2.94. The molecule has 2 aromatic rings. The molecule has 2 unspecified atom stereocenters. The molecule has 0 bridgehead atoms. The van der Waals surface area contributed by atoms with Crippen molar-refractivity contribution < 1.29 is 4.39 Å². The summed E-state index contributed by atoms with van der Waals surface area (Å²) in [5, 5.41) is 4.62. The molecule has 2 atom stereocenters. The first kappa shape index (κ1) is 16.9. The van der Waals surface area contributed by atoms with E-state index in [0.29, 0.717) is 24.9 Å². The Morgan fingerprint density at radius 1 is 1.04 bits per heavy atom. The van der Waals surface area contributed by atoms with Crippen molar-refractivity contribution in [2.75, 3.05) is 13.1 Å². The first-order valence-electron chi connectivity index (χ1n) is 9.77. The monoisotopic (exact) mass is 370 g/mol. The number of rotatable bonds is 4. The van der Waals surface area contributed by atoms with Gasteiger partial charge in [-0.1, -0.05) is 18.6 Å². The van der Waals surface area contributed by atoms with Crippen LogP contribution in [0.1, 0.15) is 36.6 Å². The van der Waals surface area contributed by atoms with E-state index in [9.17, 15) is 14.0 Å². The van der Waals surface area contributed by atoms with Crippen LogP contribution in [0.4, 0.5) is 4.39 Å². The van der Waals surface area contributed by atoms with Gasteiger partial charge >= 0.3 is 11.1 Å². The zero-order chi connectivity index (χ0) is 18.5. The van der Waals surface area contributed by atoms with Gasteiger partial charge in [0, 0.05) is 44.6 Å². The largest absolute Gasteiger partial charge is 0.332 e. The molecule has 6 nitrogen and oxygen atoms in total. The van der Waals surface area contributed by atoms with Crippen LogP contribution in [0, 0.1) is 17.7 Å². The van der Waals surface area contributed by atoms with Gasteiger partial charge in [-0.05, 0) is 36.5 Å². The highest BCUT2D eigenvalue weighted by Crippen LogP contribution is 2.37. The Morgan fingerprint density at radius 3 is 2.52 bits per heavy atom. The molecule has 1 saturated heterocycles. The maximum atomic E-state index is 13.1. The average molecular weight is 370 g/mol. The summed E-state index contributed by atoms with van der Waals surface area (Å²) in [6.45, 7) is 3.58. The molecular formula is C20H23FN4O2. The van der Waals surface area contributed by atoms with Gasteiger partial charge in [0.25, 0.3) is 0 Å². The maximum absolute atomic E-state index is 13.1. The van der Waals surface area contributed by atoms with E-state index in [4.69, 9.17) is 0 Å². The quantitative estimate of drug-likeness (QED) is 0.767. The van der Waals surface area contributed by atoms with E-state index in [-0.39, 0.29) is 11.7 Å². The lowest BCUT2D eigenvalue weighted by Gasteiger charge is -2.25. The summed E-state index contributed by atoms with van der Waals surface area (Å²) >= 11 is 0. The fourth-order valence-electron chi connectivity index (χ4n) is 4.70. The van der Waals surface area contributed by atoms with Crippen molar-refractivity contribution in [3.63, 3.8) is 0 Å². The molecule has 2 aliphatic heterocycles. The van der Waals surface area contributed by atoms with Crippen LogP contribution in [0.25, 0.3) is 0 Å². The molecule has 0 N–H and O–H groups in total. The molecule has 142 valence electrons. The van der Waals surface area contributed by atoms with Gasteiger partial charge < -0.3 is 0 Å². The number of fused-ring (bicyclic) bond motifs is 3. The van der Waals surface area contributed by atoms with E-state index in [1.54, 1.807) is 4.57 Å². The number of likely N-dealkylation sites (tertiary alicyclic amines) is 1. The zero-order valence-electron chi connectivity index (χ0n) is 15.2. The van der Waals surface area contributed by atoms with Crippen LogP contribution in [-0.4, -0.2) is 32.3 Å². The van der Waals surface area contributed by atoms with Crippen molar-refractivity contribution in [3.05, 3.63) is 62.2 Å². The highest BCUT2D eigenvalue weighted by Gasteiger charge is 2.42. The number of halogens is 1. The van der Waals surface area contributed by atoms with Gasteiger partial charge in [-0.25, -0.2) is 9.07 Å². The van der Waals surface area contributed by atoms with Crippen molar-refractivity contribution >= 4 is 0 Å². The van der Waals surface area contributed by atoms with E-state index in [2.05, 4.69) is 10.00 Å². The molecule has 1 aliphatic carbocycles. The number of hydrogen-bond acceptors (Lipinski definition) is 4. The molecule has 0 radical (unpaired) electrons. The van der Waals surface area contributed by atoms with Crippen LogP contribution in [0.15, 0.2) is 33.9 Å². The van der Waals surface area contributed by atoms with Crippen molar-refractivity contribution in [1.82, 2.24) is 19.2 Å². The van der Waals surface area contributed by atoms with E-state index in [1.165, 1.54) is 23.2 Å². The second-order valence-corrected chi connectivity index (χ2v) is 8.25. The predicted octanol–water partition coefficient (Wildman–Crippen LogP) is 1.57. The summed E-state index contributed by atoms with van der Waals surface area (Å²) < 4.78 is 16.1. The van der Waals surface area contributed by atoms with E-state index in [1.807, 2.05) is 12.1 Å². The SMILES string of the molecule is O=c1c(=O)n2c(nn1CC1CCC1)C1CN(Cc3ccc(F)cc3)CC1C2. The number of aromatic nitrogens is 3. The Labute approximate surface area is 156 Å². The second-order valence-electron chi connectivity index (χ2n) is 8.25. The average Bonchev–Trinajstić information content (AvgIpc) is 3.15. The normalized spacial score (nSPS) is 24.6. The minimum atomic E-state index is -0.478. The lowest BCUT2D eigenvalue weighted by atomic mass is 9.85. The topological polar surface area (TPSA) is 60.1 Å². The molecule has 7 heteroatoms. The molecule has 1 aromatic carbocycles. The first-order valence-corrected chi connectivity index (χ1v) is 9.77. The van der Waals surface area contributed by atoms with Gasteiger partial charge in [0.1, 0.15) is 11.6 Å². The fraction of sp³-hybridized carbons (Fsp3) is 0.550. The van der Waals surface area contributed by atoms with Crippen molar-refractivity contribution in [2.45, 2.75) is 44.8 Å². The van der Waals surface area contributed by atoms with Crippen LogP contribution in [0.3, 0.4) is 0 Å². The lowest BCUT2D eigenvalue weighted by Crippen LogP contribution is -2.45. The molecule has 3 heterocycles. The van der Waals surface area contributed by atoms with E-state index in [0.717, 1.165) is 43.9 Å². The minimum absolute atomic E-state index is 0.186. The predicted molar refractivity (Wildman–Crippen MR) is 98.0 cm³/mol. The number of hydrogen-bond donors (Lipinski definition) is 0. The highest BCUT2D eigenvalue weighted by atomic mass is 19.1. The van der Waals surface area contributed by atoms with Gasteiger partial charge in [-0.2, -0.15) is 5.10 Å². The van der Waals surface area contributed by atoms with Gasteiger partial charge in [0.15, 0.2) is 0 Å². The van der Waals surface area contributed by atoms with E-state index >= 15 is 0 Å². The first-order chi connectivity index (χ1) is 13.1. The second kappa shape index (κ2) is 6.41. The smallest absolute Gasteiger partial charge is 0.298 e. The number of benzene rings is 1. The van der Waals surface area contributed by atoms with Crippen LogP contribution in [0.5, 0.6) is 0 Å². The molecule has 1 aromatic heterocycles. The Bertz CT molecular complexity index is 977. The van der Waals surface area contributed by atoms with Crippen LogP contribution in [0.2, 0.25) is 0 Å². The summed E-state index contributed by atoms with van der Waals surface area (Å²) in [7, 11) is 0. The zero-order valence-corrected chi connectivity index (χ0v) is 15.2. The molecule has 27 heavy (non-hydrogen) atoms. The molecular weight excluding hydrogens is 347 g/mol. The summed E-state index contributed by atoms with van der Waals surface area (Å²) in [6.07, 6.45) is 3.43. The van der Waals surface area contributed by atoms with Crippen molar-refractivity contribution in [2.24, 2.45) is 11.8 Å². The van der Waals surface area contributed by atoms with Crippen LogP contribution >= 0.6 is 0 Å². The Morgan fingerprint density at radius 2 is 1.81 bits per heavy atom.